The molecule has 0 aliphatic heterocycles. The highest BCUT2D eigenvalue weighted by Gasteiger charge is 2.19. The molecule has 27 heavy (non-hydrogen) atoms. The second-order valence-electron chi connectivity index (χ2n) is 8.13. The number of aromatic amines is 1. The highest BCUT2D eigenvalue weighted by atomic mass is 15.2. The lowest BCUT2D eigenvalue weighted by Crippen LogP contribution is -2.20. The van der Waals surface area contributed by atoms with Gasteiger partial charge in [-0.05, 0) is 36.4 Å². The van der Waals surface area contributed by atoms with Crippen LogP contribution in [0.1, 0.15) is 50.3 Å². The van der Waals surface area contributed by atoms with Gasteiger partial charge in [-0.25, -0.2) is 4.98 Å². The van der Waals surface area contributed by atoms with Gasteiger partial charge in [-0.15, -0.1) is 0 Å². The molecule has 2 heterocycles. The SMILES string of the molecule is CCC(C)(C)Cc1cnc(C(Cc2ccc(-c3cnn(C)c3)cc2)NC)[nH]1. The molecular formula is C22H31N5. The fraction of sp³-hybridized carbons (Fsp3) is 0.455. The third kappa shape index (κ3) is 4.86. The minimum atomic E-state index is 0.174. The van der Waals surface area contributed by atoms with E-state index in [1.807, 2.05) is 37.4 Å². The number of likely N-dealkylation sites (N-methyl/N-ethyl adjacent to an activating group) is 1. The zero-order valence-corrected chi connectivity index (χ0v) is 17.1. The van der Waals surface area contributed by atoms with Gasteiger partial charge in [0.1, 0.15) is 5.82 Å². The predicted octanol–water partition coefficient (Wildman–Crippen LogP) is 4.29. The minimum absolute atomic E-state index is 0.174. The van der Waals surface area contributed by atoms with E-state index >= 15 is 0 Å². The molecule has 0 radical (unpaired) electrons. The van der Waals surface area contributed by atoms with Gasteiger partial charge in [0, 0.05) is 30.7 Å². The van der Waals surface area contributed by atoms with E-state index in [2.05, 4.69) is 65.4 Å². The summed E-state index contributed by atoms with van der Waals surface area (Å²) in [7, 11) is 3.93. The molecular weight excluding hydrogens is 334 g/mol. The maximum atomic E-state index is 4.64. The van der Waals surface area contributed by atoms with Crippen molar-refractivity contribution in [1.82, 2.24) is 25.1 Å². The van der Waals surface area contributed by atoms with Gasteiger partial charge in [0.25, 0.3) is 0 Å². The number of benzene rings is 1. The Morgan fingerprint density at radius 3 is 2.48 bits per heavy atom. The van der Waals surface area contributed by atoms with Crippen molar-refractivity contribution in [3.63, 3.8) is 0 Å². The number of nitrogens with zero attached hydrogens (tertiary/aromatic N) is 3. The molecule has 5 nitrogen and oxygen atoms in total. The first-order valence-electron chi connectivity index (χ1n) is 9.69. The van der Waals surface area contributed by atoms with Gasteiger partial charge < -0.3 is 10.3 Å². The molecule has 0 spiro atoms. The number of aromatic nitrogens is 4. The first-order chi connectivity index (χ1) is 12.9. The summed E-state index contributed by atoms with van der Waals surface area (Å²) in [5, 5.41) is 7.64. The first kappa shape index (κ1) is 19.4. The quantitative estimate of drug-likeness (QED) is 0.626. The second kappa shape index (κ2) is 8.09. The largest absolute Gasteiger partial charge is 0.345 e. The van der Waals surface area contributed by atoms with Crippen LogP contribution < -0.4 is 5.32 Å². The number of aryl methyl sites for hydroxylation is 1. The van der Waals surface area contributed by atoms with Crippen LogP contribution >= 0.6 is 0 Å². The third-order valence-corrected chi connectivity index (χ3v) is 5.38. The summed E-state index contributed by atoms with van der Waals surface area (Å²) >= 11 is 0. The van der Waals surface area contributed by atoms with Gasteiger partial charge >= 0.3 is 0 Å². The number of nitrogens with one attached hydrogen (secondary N) is 2. The van der Waals surface area contributed by atoms with E-state index in [9.17, 15) is 0 Å². The van der Waals surface area contributed by atoms with Crippen molar-refractivity contribution in [3.8, 4) is 11.1 Å². The molecule has 3 rings (SSSR count). The van der Waals surface area contributed by atoms with E-state index in [0.717, 1.165) is 30.7 Å². The smallest absolute Gasteiger partial charge is 0.123 e. The molecule has 1 aromatic carbocycles. The average Bonchev–Trinajstić information content (AvgIpc) is 3.29. The number of hydrogen-bond acceptors (Lipinski definition) is 3. The van der Waals surface area contributed by atoms with Crippen LogP contribution in [0.5, 0.6) is 0 Å². The lowest BCUT2D eigenvalue weighted by atomic mass is 9.85. The number of rotatable bonds is 8. The third-order valence-electron chi connectivity index (χ3n) is 5.38. The molecule has 1 unspecified atom stereocenters. The highest BCUT2D eigenvalue weighted by Crippen LogP contribution is 2.26. The standard InChI is InChI=1S/C22H31N5/c1-6-22(2,3)12-19-14-24-21(26-19)20(23-4)11-16-7-9-17(10-8-16)18-13-25-27(5)15-18/h7-10,13-15,20,23H,6,11-12H2,1-5H3,(H,24,26). The summed E-state index contributed by atoms with van der Waals surface area (Å²) in [5.41, 5.74) is 5.12. The Morgan fingerprint density at radius 2 is 1.89 bits per heavy atom. The van der Waals surface area contributed by atoms with E-state index in [1.54, 1.807) is 0 Å². The molecule has 0 bridgehead atoms. The topological polar surface area (TPSA) is 58.5 Å². The van der Waals surface area contributed by atoms with E-state index in [-0.39, 0.29) is 6.04 Å². The van der Waals surface area contributed by atoms with Crippen LogP contribution in [0, 0.1) is 5.41 Å². The Labute approximate surface area is 162 Å². The molecule has 0 aliphatic carbocycles. The molecule has 2 N–H and O–H groups in total. The van der Waals surface area contributed by atoms with Gasteiger partial charge in [0.05, 0.1) is 12.2 Å². The van der Waals surface area contributed by atoms with Crippen LogP contribution in [-0.2, 0) is 19.9 Å². The Balaban J connectivity index is 1.69. The first-order valence-corrected chi connectivity index (χ1v) is 9.69. The maximum Gasteiger partial charge on any atom is 0.123 e. The molecule has 0 aliphatic rings. The van der Waals surface area contributed by atoms with Crippen molar-refractivity contribution in [1.29, 1.82) is 0 Å². The predicted molar refractivity (Wildman–Crippen MR) is 111 cm³/mol. The molecule has 0 saturated carbocycles. The zero-order valence-electron chi connectivity index (χ0n) is 17.1. The number of hydrogen-bond donors (Lipinski definition) is 2. The number of H-pyrrole nitrogens is 1. The Morgan fingerprint density at radius 1 is 1.15 bits per heavy atom. The zero-order chi connectivity index (χ0) is 19.4. The van der Waals surface area contributed by atoms with Gasteiger partial charge in [-0.2, -0.15) is 5.10 Å². The van der Waals surface area contributed by atoms with Gasteiger partial charge in [-0.3, -0.25) is 4.68 Å². The van der Waals surface area contributed by atoms with Crippen molar-refractivity contribution >= 4 is 0 Å². The maximum absolute atomic E-state index is 4.64. The van der Waals surface area contributed by atoms with E-state index < -0.39 is 0 Å². The normalized spacial score (nSPS) is 13.1. The fourth-order valence-corrected chi connectivity index (χ4v) is 3.26. The van der Waals surface area contributed by atoms with Crippen molar-refractivity contribution < 1.29 is 0 Å². The fourth-order valence-electron chi connectivity index (χ4n) is 3.26. The summed E-state index contributed by atoms with van der Waals surface area (Å²) < 4.78 is 1.83. The summed E-state index contributed by atoms with van der Waals surface area (Å²) in [6.07, 6.45) is 8.99. The van der Waals surface area contributed by atoms with Crippen molar-refractivity contribution in [2.45, 2.75) is 46.1 Å². The molecule has 3 aromatic rings. The molecule has 2 aromatic heterocycles. The van der Waals surface area contributed by atoms with Crippen LogP contribution in [-0.4, -0.2) is 26.8 Å². The monoisotopic (exact) mass is 365 g/mol. The molecule has 0 amide bonds. The van der Waals surface area contributed by atoms with Gasteiger partial charge in [0.2, 0.25) is 0 Å². The van der Waals surface area contributed by atoms with Crippen LogP contribution in [0.25, 0.3) is 11.1 Å². The van der Waals surface area contributed by atoms with Crippen LogP contribution in [0.2, 0.25) is 0 Å². The molecule has 1 atom stereocenters. The molecule has 0 fully saturated rings. The summed E-state index contributed by atoms with van der Waals surface area (Å²) in [5.74, 6) is 1.01. The van der Waals surface area contributed by atoms with Crippen LogP contribution in [0.15, 0.2) is 42.9 Å². The summed E-state index contributed by atoms with van der Waals surface area (Å²) in [4.78, 5) is 8.17. The van der Waals surface area contributed by atoms with E-state index in [0.29, 0.717) is 5.41 Å². The average molecular weight is 366 g/mol. The van der Waals surface area contributed by atoms with Gasteiger partial charge in [-0.1, -0.05) is 51.5 Å². The number of imidazole rings is 1. The van der Waals surface area contributed by atoms with E-state index in [4.69, 9.17) is 0 Å². The molecule has 144 valence electrons. The Kier molecular flexibility index (Phi) is 5.80. The highest BCUT2D eigenvalue weighted by molar-refractivity contribution is 5.61. The lowest BCUT2D eigenvalue weighted by molar-refractivity contribution is 0.345. The van der Waals surface area contributed by atoms with Gasteiger partial charge in [0.15, 0.2) is 0 Å². The van der Waals surface area contributed by atoms with Crippen molar-refractivity contribution in [2.24, 2.45) is 12.5 Å². The molecule has 0 saturated heterocycles. The lowest BCUT2D eigenvalue weighted by Gasteiger charge is -2.21. The summed E-state index contributed by atoms with van der Waals surface area (Å²) in [6.45, 7) is 6.84. The Bertz CT molecular complexity index is 857. The van der Waals surface area contributed by atoms with Crippen LogP contribution in [0.4, 0.5) is 0 Å². The van der Waals surface area contributed by atoms with Crippen LogP contribution in [0.3, 0.4) is 0 Å². The van der Waals surface area contributed by atoms with Crippen molar-refractivity contribution in [3.05, 3.63) is 59.9 Å². The molecule has 5 heteroatoms. The second-order valence-corrected chi connectivity index (χ2v) is 8.13. The summed E-state index contributed by atoms with van der Waals surface area (Å²) in [6, 6.07) is 8.88. The Hall–Kier alpha value is -2.40. The minimum Gasteiger partial charge on any atom is -0.345 e. The van der Waals surface area contributed by atoms with Crippen molar-refractivity contribution in [2.75, 3.05) is 7.05 Å². The van der Waals surface area contributed by atoms with E-state index in [1.165, 1.54) is 16.8 Å².